The van der Waals surface area contributed by atoms with Crippen LogP contribution in [-0.2, 0) is 10.2 Å². The van der Waals surface area contributed by atoms with Crippen molar-refractivity contribution >= 4 is 29.2 Å². The lowest BCUT2D eigenvalue weighted by atomic mass is 9.62. The van der Waals surface area contributed by atoms with Gasteiger partial charge in [-0.05, 0) is 83.8 Å². The summed E-state index contributed by atoms with van der Waals surface area (Å²) < 4.78 is 11.1. The van der Waals surface area contributed by atoms with Crippen molar-refractivity contribution in [1.82, 2.24) is 4.90 Å². The van der Waals surface area contributed by atoms with Gasteiger partial charge in [0.15, 0.2) is 11.6 Å². The summed E-state index contributed by atoms with van der Waals surface area (Å²) in [5.41, 5.74) is 2.70. The van der Waals surface area contributed by atoms with Crippen molar-refractivity contribution in [3.05, 3.63) is 131 Å². The second-order valence-electron chi connectivity index (χ2n) is 11.4. The minimum Gasteiger partial charge on any atom is -0.497 e. The minimum absolute atomic E-state index is 0.239. The Kier molecular flexibility index (Phi) is 6.81. The fourth-order valence-corrected chi connectivity index (χ4v) is 7.21. The average molecular weight is 585 g/mol. The van der Waals surface area contributed by atoms with Crippen LogP contribution in [0, 0.1) is 5.92 Å². The van der Waals surface area contributed by atoms with E-state index in [2.05, 4.69) is 5.32 Å². The highest BCUT2D eigenvalue weighted by Gasteiger charge is 2.70. The van der Waals surface area contributed by atoms with Gasteiger partial charge < -0.3 is 19.7 Å². The summed E-state index contributed by atoms with van der Waals surface area (Å²) in [5.74, 6) is -0.554. The van der Waals surface area contributed by atoms with Crippen LogP contribution >= 0.6 is 0 Å². The first kappa shape index (κ1) is 27.7. The summed E-state index contributed by atoms with van der Waals surface area (Å²) in [6, 6.07) is 27.8. The molecule has 3 aliphatic rings. The summed E-state index contributed by atoms with van der Waals surface area (Å²) in [6.45, 7) is 2.60. The smallest absolute Gasteiger partial charge is 0.238 e. The van der Waals surface area contributed by atoms with E-state index in [9.17, 15) is 14.4 Å². The van der Waals surface area contributed by atoms with Gasteiger partial charge in [-0.15, -0.1) is 0 Å². The number of para-hydroxylation sites is 1. The zero-order valence-electron chi connectivity index (χ0n) is 24.5. The van der Waals surface area contributed by atoms with Crippen LogP contribution in [0.15, 0.2) is 103 Å². The Labute approximate surface area is 256 Å². The number of carbonyl (C=O) groups excluding carboxylic acids is 3. The van der Waals surface area contributed by atoms with E-state index in [4.69, 9.17) is 9.47 Å². The second-order valence-corrected chi connectivity index (χ2v) is 11.4. The molecule has 1 saturated heterocycles. The fraction of sp³-hybridized carbons (Fsp3) is 0.216. The largest absolute Gasteiger partial charge is 0.497 e. The first-order valence-corrected chi connectivity index (χ1v) is 14.9. The summed E-state index contributed by atoms with van der Waals surface area (Å²) in [4.78, 5) is 46.1. The highest BCUT2D eigenvalue weighted by molar-refractivity contribution is 6.16. The third-order valence-corrected chi connectivity index (χ3v) is 9.11. The Balaban J connectivity index is 1.46. The molecule has 1 fully saturated rings. The van der Waals surface area contributed by atoms with Gasteiger partial charge in [0.25, 0.3) is 0 Å². The first-order valence-electron chi connectivity index (χ1n) is 14.9. The van der Waals surface area contributed by atoms with Crippen molar-refractivity contribution in [2.24, 2.45) is 5.92 Å². The number of methoxy groups -OCH3 is 1. The predicted octanol–water partition coefficient (Wildman–Crippen LogP) is 6.47. The Hall–Kier alpha value is -5.17. The van der Waals surface area contributed by atoms with Crippen LogP contribution in [0.5, 0.6) is 11.5 Å². The van der Waals surface area contributed by atoms with Crippen LogP contribution in [0.1, 0.15) is 56.8 Å². The number of benzene rings is 4. The highest BCUT2D eigenvalue weighted by atomic mass is 16.5. The van der Waals surface area contributed by atoms with Crippen molar-refractivity contribution in [1.29, 1.82) is 0 Å². The molecule has 4 aromatic rings. The molecule has 1 spiro atoms. The molecule has 1 amide bonds. The molecule has 4 atom stereocenters. The maximum atomic E-state index is 14.9. The molecule has 1 N–H and O–H groups in total. The number of nitrogens with zero attached hydrogens (tertiary/aromatic N) is 1. The molecule has 7 heteroatoms. The van der Waals surface area contributed by atoms with E-state index >= 15 is 0 Å². The second kappa shape index (κ2) is 10.8. The Bertz CT molecular complexity index is 1800. The molecular formula is C37H32N2O5. The molecule has 0 aliphatic carbocycles. The van der Waals surface area contributed by atoms with Gasteiger partial charge in [0.05, 0.1) is 25.7 Å². The fourth-order valence-electron chi connectivity index (χ4n) is 7.21. The highest BCUT2D eigenvalue weighted by Crippen LogP contribution is 2.62. The average Bonchev–Trinajstić information content (AvgIpc) is 3.55. The van der Waals surface area contributed by atoms with Gasteiger partial charge >= 0.3 is 0 Å². The number of amides is 1. The van der Waals surface area contributed by atoms with Gasteiger partial charge in [-0.25, -0.2) is 0 Å². The number of nitrogens with one attached hydrogen (secondary N) is 1. The lowest BCUT2D eigenvalue weighted by molar-refractivity contribution is -0.122. The van der Waals surface area contributed by atoms with Crippen LogP contribution < -0.4 is 14.8 Å². The number of fused-ring (bicyclic) bond motifs is 6. The molecule has 44 heavy (non-hydrogen) atoms. The van der Waals surface area contributed by atoms with Crippen molar-refractivity contribution in [3.63, 3.8) is 0 Å². The van der Waals surface area contributed by atoms with E-state index in [0.29, 0.717) is 34.9 Å². The number of hydrogen-bond donors (Lipinski definition) is 1. The topological polar surface area (TPSA) is 84.9 Å². The molecule has 0 saturated carbocycles. The van der Waals surface area contributed by atoms with E-state index in [-0.39, 0.29) is 17.5 Å². The van der Waals surface area contributed by atoms with E-state index in [1.807, 2.05) is 72.6 Å². The van der Waals surface area contributed by atoms with Crippen molar-refractivity contribution < 1.29 is 23.9 Å². The predicted molar refractivity (Wildman–Crippen MR) is 168 cm³/mol. The molecular weight excluding hydrogens is 552 g/mol. The number of hydrogen-bond acceptors (Lipinski definition) is 6. The van der Waals surface area contributed by atoms with Crippen LogP contribution in [0.3, 0.4) is 0 Å². The van der Waals surface area contributed by atoms with Crippen molar-refractivity contribution in [3.8, 4) is 11.5 Å². The van der Waals surface area contributed by atoms with Gasteiger partial charge in [-0.2, -0.15) is 0 Å². The Morgan fingerprint density at radius 1 is 0.841 bits per heavy atom. The third-order valence-electron chi connectivity index (χ3n) is 9.11. The van der Waals surface area contributed by atoms with Gasteiger partial charge in [-0.1, -0.05) is 49.4 Å². The Morgan fingerprint density at radius 2 is 1.50 bits per heavy atom. The normalized spacial score (nSPS) is 22.6. The number of ketones is 2. The van der Waals surface area contributed by atoms with E-state index in [1.54, 1.807) is 55.6 Å². The van der Waals surface area contributed by atoms with E-state index in [1.165, 1.54) is 0 Å². The van der Waals surface area contributed by atoms with Gasteiger partial charge in [0.2, 0.25) is 5.91 Å². The lowest BCUT2D eigenvalue weighted by Gasteiger charge is -2.38. The maximum absolute atomic E-state index is 14.9. The van der Waals surface area contributed by atoms with Crippen LogP contribution in [-0.4, -0.2) is 42.1 Å². The molecule has 0 bridgehead atoms. The molecule has 7 nitrogen and oxygen atoms in total. The SMILES string of the molecule is CCCOc1ccc(C(=O)C2C(C(=O)c3ccc(OC)cc3)N3C=Cc4ccccc4C3C23C(=O)Nc2ccccc23)cc1. The third kappa shape index (κ3) is 4.07. The number of Topliss-reactive ketones (excluding diaryl/α,β-unsaturated/α-hetero) is 2. The summed E-state index contributed by atoms with van der Waals surface area (Å²) in [6.07, 6.45) is 4.70. The molecule has 0 aromatic heterocycles. The summed E-state index contributed by atoms with van der Waals surface area (Å²) in [5, 5.41) is 3.09. The van der Waals surface area contributed by atoms with E-state index in [0.717, 1.165) is 23.1 Å². The quantitative estimate of drug-likeness (QED) is 0.239. The summed E-state index contributed by atoms with van der Waals surface area (Å²) >= 11 is 0. The van der Waals surface area contributed by atoms with Crippen LogP contribution in [0.4, 0.5) is 5.69 Å². The monoisotopic (exact) mass is 584 g/mol. The molecule has 4 aromatic carbocycles. The molecule has 3 aliphatic heterocycles. The van der Waals surface area contributed by atoms with E-state index < -0.39 is 23.4 Å². The molecule has 0 radical (unpaired) electrons. The molecule has 220 valence electrons. The molecule has 3 heterocycles. The van der Waals surface area contributed by atoms with Gasteiger partial charge in [-0.3, -0.25) is 14.4 Å². The standard InChI is InChI=1S/C37H32N2O5/c1-3-22-44-27-18-14-24(15-19-27)33(40)31-32(34(41)25-12-16-26(43-2)17-13-25)39-21-20-23-8-4-5-9-28(23)35(39)37(31)29-10-6-7-11-30(29)38-36(37)42/h4-21,31-32,35H,3,22H2,1-2H3,(H,38,42). The summed E-state index contributed by atoms with van der Waals surface area (Å²) in [7, 11) is 1.57. The minimum atomic E-state index is -1.38. The van der Waals surface area contributed by atoms with Crippen molar-refractivity contribution in [2.75, 3.05) is 19.0 Å². The number of rotatable bonds is 8. The zero-order valence-corrected chi connectivity index (χ0v) is 24.5. The number of anilines is 1. The van der Waals surface area contributed by atoms with Gasteiger partial charge in [0, 0.05) is 23.0 Å². The number of carbonyl (C=O) groups is 3. The first-order chi connectivity index (χ1) is 21.5. The van der Waals surface area contributed by atoms with Crippen molar-refractivity contribution in [2.45, 2.75) is 30.8 Å². The van der Waals surface area contributed by atoms with Gasteiger partial charge in [0.1, 0.15) is 23.0 Å². The van der Waals surface area contributed by atoms with Crippen LogP contribution in [0.2, 0.25) is 0 Å². The maximum Gasteiger partial charge on any atom is 0.238 e. The molecule has 7 rings (SSSR count). The zero-order chi connectivity index (χ0) is 30.4. The van der Waals surface area contributed by atoms with Crippen LogP contribution in [0.25, 0.3) is 6.08 Å². The molecule has 4 unspecified atom stereocenters. The number of ether oxygens (including phenoxy) is 2. The lowest BCUT2D eigenvalue weighted by Crippen LogP contribution is -2.49. The Morgan fingerprint density at radius 3 is 2.23 bits per heavy atom.